The number of nitrogens with one attached hydrogen (secondary N) is 1. The van der Waals surface area contributed by atoms with Crippen LogP contribution in [0.5, 0.6) is 0 Å². The van der Waals surface area contributed by atoms with Gasteiger partial charge in [-0.2, -0.15) is 11.8 Å². The summed E-state index contributed by atoms with van der Waals surface area (Å²) in [7, 11) is 0. The second-order valence-corrected chi connectivity index (χ2v) is 6.97. The Morgan fingerprint density at radius 3 is 2.94 bits per heavy atom. The highest BCUT2D eigenvalue weighted by Gasteiger charge is 2.24. The van der Waals surface area contributed by atoms with Crippen LogP contribution in [0.3, 0.4) is 0 Å². The van der Waals surface area contributed by atoms with Crippen molar-refractivity contribution in [1.82, 2.24) is 9.97 Å². The van der Waals surface area contributed by atoms with Crippen LogP contribution in [0.15, 0.2) is 10.7 Å². The van der Waals surface area contributed by atoms with Gasteiger partial charge >= 0.3 is 0 Å². The minimum absolute atomic E-state index is 0.570. The van der Waals surface area contributed by atoms with E-state index >= 15 is 0 Å². The van der Waals surface area contributed by atoms with Crippen LogP contribution in [0.2, 0.25) is 0 Å². The number of aryl methyl sites for hydroxylation is 1. The first-order valence-corrected chi connectivity index (χ1v) is 8.47. The van der Waals surface area contributed by atoms with E-state index in [0.29, 0.717) is 6.04 Å². The first-order valence-electron chi connectivity index (χ1n) is 6.62. The number of hydrogen-bond acceptors (Lipinski definition) is 4. The van der Waals surface area contributed by atoms with Gasteiger partial charge in [0.15, 0.2) is 0 Å². The SMILES string of the molecule is CCSC1CCC(Nc2cc(Br)nc(CC)n2)C1. The molecule has 0 spiro atoms. The molecule has 2 atom stereocenters. The molecular formula is C13H20BrN3S. The van der Waals surface area contributed by atoms with Crippen LogP contribution in [0.4, 0.5) is 5.82 Å². The van der Waals surface area contributed by atoms with Gasteiger partial charge in [-0.1, -0.05) is 13.8 Å². The summed E-state index contributed by atoms with van der Waals surface area (Å²) in [6.45, 7) is 4.32. The Kier molecular flexibility index (Phi) is 5.30. The van der Waals surface area contributed by atoms with Gasteiger partial charge in [-0.3, -0.25) is 0 Å². The van der Waals surface area contributed by atoms with Crippen LogP contribution in [-0.4, -0.2) is 27.0 Å². The highest BCUT2D eigenvalue weighted by Crippen LogP contribution is 2.31. The zero-order chi connectivity index (χ0) is 13.0. The number of thioether (sulfide) groups is 1. The van der Waals surface area contributed by atoms with Gasteiger partial charge in [-0.25, -0.2) is 9.97 Å². The van der Waals surface area contributed by atoms with E-state index in [1.807, 2.05) is 6.07 Å². The van der Waals surface area contributed by atoms with Crippen molar-refractivity contribution in [3.63, 3.8) is 0 Å². The lowest BCUT2D eigenvalue weighted by atomic mass is 10.2. The highest BCUT2D eigenvalue weighted by atomic mass is 79.9. The largest absolute Gasteiger partial charge is 0.367 e. The molecule has 1 aromatic rings. The summed E-state index contributed by atoms with van der Waals surface area (Å²) in [5.74, 6) is 3.07. The van der Waals surface area contributed by atoms with Gasteiger partial charge in [0.2, 0.25) is 0 Å². The third-order valence-electron chi connectivity index (χ3n) is 3.20. The molecule has 1 aliphatic rings. The number of rotatable bonds is 5. The maximum absolute atomic E-state index is 4.53. The molecule has 0 amide bonds. The van der Waals surface area contributed by atoms with Crippen molar-refractivity contribution < 1.29 is 0 Å². The van der Waals surface area contributed by atoms with Gasteiger partial charge in [-0.15, -0.1) is 0 Å². The van der Waals surface area contributed by atoms with Crippen molar-refractivity contribution in [1.29, 1.82) is 0 Å². The summed E-state index contributed by atoms with van der Waals surface area (Å²) < 4.78 is 0.870. The van der Waals surface area contributed by atoms with Gasteiger partial charge in [0.05, 0.1) is 0 Å². The molecule has 1 aromatic heterocycles. The van der Waals surface area contributed by atoms with Crippen LogP contribution < -0.4 is 5.32 Å². The van der Waals surface area contributed by atoms with E-state index in [9.17, 15) is 0 Å². The maximum atomic E-state index is 4.53. The normalized spacial score (nSPS) is 23.3. The Bertz CT molecular complexity index is 400. The number of halogens is 1. The van der Waals surface area contributed by atoms with Crippen LogP contribution in [-0.2, 0) is 6.42 Å². The molecule has 1 heterocycles. The van der Waals surface area contributed by atoms with Crippen LogP contribution >= 0.6 is 27.7 Å². The van der Waals surface area contributed by atoms with Gasteiger partial charge in [0, 0.05) is 23.8 Å². The zero-order valence-electron chi connectivity index (χ0n) is 10.9. The number of hydrogen-bond donors (Lipinski definition) is 1. The van der Waals surface area contributed by atoms with Gasteiger partial charge in [0.1, 0.15) is 16.2 Å². The van der Waals surface area contributed by atoms with E-state index in [1.54, 1.807) is 0 Å². The number of nitrogens with zero attached hydrogens (tertiary/aromatic N) is 2. The molecule has 0 radical (unpaired) electrons. The average Bonchev–Trinajstić information content (AvgIpc) is 2.76. The van der Waals surface area contributed by atoms with Crippen LogP contribution in [0.25, 0.3) is 0 Å². The summed E-state index contributed by atoms with van der Waals surface area (Å²) in [5.41, 5.74) is 0. The van der Waals surface area contributed by atoms with E-state index < -0.39 is 0 Å². The summed E-state index contributed by atoms with van der Waals surface area (Å²) in [5, 5.41) is 4.37. The molecule has 2 unspecified atom stereocenters. The second-order valence-electron chi connectivity index (χ2n) is 4.58. The molecule has 1 fully saturated rings. The third kappa shape index (κ3) is 3.85. The molecule has 0 saturated heterocycles. The minimum atomic E-state index is 0.570. The lowest BCUT2D eigenvalue weighted by Gasteiger charge is -2.14. The van der Waals surface area contributed by atoms with Crippen molar-refractivity contribution in [2.75, 3.05) is 11.1 Å². The second kappa shape index (κ2) is 6.75. The van der Waals surface area contributed by atoms with Crippen molar-refractivity contribution in [3.8, 4) is 0 Å². The van der Waals surface area contributed by atoms with Crippen LogP contribution in [0, 0.1) is 0 Å². The lowest BCUT2D eigenvalue weighted by Crippen LogP contribution is -2.17. The van der Waals surface area contributed by atoms with Crippen molar-refractivity contribution in [2.24, 2.45) is 0 Å². The van der Waals surface area contributed by atoms with Gasteiger partial charge in [-0.05, 0) is 40.9 Å². The fraction of sp³-hybridized carbons (Fsp3) is 0.692. The summed E-state index contributed by atoms with van der Waals surface area (Å²) in [4.78, 5) is 8.86. The van der Waals surface area contributed by atoms with Crippen molar-refractivity contribution in [3.05, 3.63) is 16.5 Å². The Labute approximate surface area is 122 Å². The van der Waals surface area contributed by atoms with E-state index in [-0.39, 0.29) is 0 Å². The molecule has 0 aliphatic heterocycles. The number of anilines is 1. The predicted molar refractivity (Wildman–Crippen MR) is 82.3 cm³/mol. The lowest BCUT2D eigenvalue weighted by molar-refractivity contribution is 0.747. The molecule has 0 aromatic carbocycles. The Morgan fingerprint density at radius 2 is 2.22 bits per heavy atom. The quantitative estimate of drug-likeness (QED) is 0.831. The zero-order valence-corrected chi connectivity index (χ0v) is 13.4. The minimum Gasteiger partial charge on any atom is -0.367 e. The molecule has 3 nitrogen and oxygen atoms in total. The average molecular weight is 330 g/mol. The predicted octanol–water partition coefficient (Wildman–Crippen LogP) is 3.89. The standard InChI is InChI=1S/C13H20BrN3S/c1-3-12-16-11(14)8-13(17-12)15-9-5-6-10(7-9)18-4-2/h8-10H,3-7H2,1-2H3,(H,15,16,17). The molecule has 1 aliphatic carbocycles. The Hall–Kier alpha value is -0.290. The van der Waals surface area contributed by atoms with Crippen LogP contribution in [0.1, 0.15) is 38.9 Å². The van der Waals surface area contributed by atoms with Crippen molar-refractivity contribution in [2.45, 2.75) is 50.8 Å². The monoisotopic (exact) mass is 329 g/mol. The van der Waals surface area contributed by atoms with E-state index in [2.05, 4.69) is 56.8 Å². The molecular weight excluding hydrogens is 310 g/mol. The summed E-state index contributed by atoms with van der Waals surface area (Å²) in [6.07, 6.45) is 4.69. The smallest absolute Gasteiger partial charge is 0.131 e. The molecule has 1 saturated carbocycles. The van der Waals surface area contributed by atoms with Crippen molar-refractivity contribution >= 4 is 33.5 Å². The fourth-order valence-corrected chi connectivity index (χ4v) is 3.93. The molecule has 18 heavy (non-hydrogen) atoms. The first-order chi connectivity index (χ1) is 8.71. The number of aromatic nitrogens is 2. The Balaban J connectivity index is 1.95. The van der Waals surface area contributed by atoms with E-state index in [1.165, 1.54) is 25.0 Å². The first kappa shape index (κ1) is 14.1. The van der Waals surface area contributed by atoms with Gasteiger partial charge < -0.3 is 5.32 Å². The molecule has 1 N–H and O–H groups in total. The van der Waals surface area contributed by atoms with E-state index in [4.69, 9.17) is 0 Å². The molecule has 5 heteroatoms. The fourth-order valence-electron chi connectivity index (χ4n) is 2.36. The summed E-state index contributed by atoms with van der Waals surface area (Å²) >= 11 is 5.53. The molecule has 0 bridgehead atoms. The van der Waals surface area contributed by atoms with Gasteiger partial charge in [0.25, 0.3) is 0 Å². The maximum Gasteiger partial charge on any atom is 0.131 e. The summed E-state index contributed by atoms with van der Waals surface area (Å²) in [6, 6.07) is 2.54. The van der Waals surface area contributed by atoms with E-state index in [0.717, 1.165) is 27.9 Å². The highest BCUT2D eigenvalue weighted by molar-refractivity contribution is 9.10. The third-order valence-corrected chi connectivity index (χ3v) is 4.84. The Morgan fingerprint density at radius 1 is 1.39 bits per heavy atom. The topological polar surface area (TPSA) is 37.8 Å². The molecule has 100 valence electrons. The molecule has 2 rings (SSSR count).